The molecule has 0 aliphatic rings. The average molecular weight is 504 g/mol. The Kier molecular flexibility index (Phi) is 10.1. The van der Waals surface area contributed by atoms with Crippen LogP contribution in [0.3, 0.4) is 0 Å². The first-order valence-corrected chi connectivity index (χ1v) is 13.1. The Bertz CT molecular complexity index is 1010. The van der Waals surface area contributed by atoms with Crippen molar-refractivity contribution in [3.05, 3.63) is 45.3 Å². The molecule has 194 valence electrons. The van der Waals surface area contributed by atoms with Gasteiger partial charge in [0.2, 0.25) is 5.91 Å². The molecule has 1 N–H and O–H groups in total. The second-order valence-electron chi connectivity index (χ2n) is 10.8. The van der Waals surface area contributed by atoms with Crippen LogP contribution in [0, 0.1) is 12.8 Å². The predicted octanol–water partition coefficient (Wildman–Crippen LogP) is 6.54. The van der Waals surface area contributed by atoms with Crippen molar-refractivity contribution in [3.63, 3.8) is 0 Å². The number of carbonyl (C=O) groups excluding carboxylic acids is 2. The fourth-order valence-electron chi connectivity index (χ4n) is 3.59. The lowest BCUT2D eigenvalue weighted by Crippen LogP contribution is -2.50. The van der Waals surface area contributed by atoms with Gasteiger partial charge in [0.05, 0.1) is 23.5 Å². The zero-order chi connectivity index (χ0) is 26.3. The van der Waals surface area contributed by atoms with Crippen LogP contribution in [0.25, 0.3) is 6.08 Å². The molecule has 0 bridgehead atoms. The van der Waals surface area contributed by atoms with Gasteiger partial charge in [-0.1, -0.05) is 39.3 Å². The summed E-state index contributed by atoms with van der Waals surface area (Å²) in [4.78, 5) is 33.0. The van der Waals surface area contributed by atoms with Crippen LogP contribution in [0.1, 0.15) is 89.8 Å². The van der Waals surface area contributed by atoms with E-state index < -0.39 is 17.7 Å². The Morgan fingerprint density at radius 3 is 2.46 bits per heavy atom. The van der Waals surface area contributed by atoms with Crippen molar-refractivity contribution in [2.75, 3.05) is 6.54 Å². The molecule has 0 aliphatic heterocycles. The van der Waals surface area contributed by atoms with Crippen molar-refractivity contribution in [2.24, 2.45) is 5.92 Å². The monoisotopic (exact) mass is 503 g/mol. The van der Waals surface area contributed by atoms with Crippen molar-refractivity contribution < 1.29 is 18.7 Å². The van der Waals surface area contributed by atoms with Gasteiger partial charge in [-0.25, -0.2) is 9.78 Å². The average Bonchev–Trinajstić information content (AvgIpc) is 3.34. The van der Waals surface area contributed by atoms with E-state index in [1.165, 1.54) is 0 Å². The van der Waals surface area contributed by atoms with Gasteiger partial charge < -0.3 is 19.4 Å². The summed E-state index contributed by atoms with van der Waals surface area (Å²) in [5, 5.41) is 5.89. The Morgan fingerprint density at radius 1 is 1.26 bits per heavy atom. The maximum Gasteiger partial charge on any atom is 0.408 e. The molecule has 0 saturated carbocycles. The Morgan fingerprint density at radius 2 is 1.94 bits per heavy atom. The third kappa shape index (κ3) is 9.51. The summed E-state index contributed by atoms with van der Waals surface area (Å²) in [6, 6.07) is 1.12. The van der Waals surface area contributed by atoms with Gasteiger partial charge in [0.1, 0.15) is 17.4 Å². The summed E-state index contributed by atoms with van der Waals surface area (Å²) in [5.74, 6) is 1.25. The number of thiazole rings is 1. The lowest BCUT2D eigenvalue weighted by molar-refractivity contribution is -0.134. The van der Waals surface area contributed by atoms with Crippen LogP contribution in [0.15, 0.2) is 27.7 Å². The number of nitrogens with one attached hydrogen (secondary N) is 1. The number of hydrogen-bond acceptors (Lipinski definition) is 6. The molecule has 0 saturated heterocycles. The van der Waals surface area contributed by atoms with Crippen LogP contribution in [-0.4, -0.2) is 40.1 Å². The third-order valence-electron chi connectivity index (χ3n) is 5.13. The first kappa shape index (κ1) is 28.6. The summed E-state index contributed by atoms with van der Waals surface area (Å²) in [6.45, 7) is 18.6. The number of ether oxygens (including phenoxy) is 1. The van der Waals surface area contributed by atoms with E-state index in [-0.39, 0.29) is 11.8 Å². The van der Waals surface area contributed by atoms with Crippen LogP contribution >= 0.6 is 11.3 Å². The van der Waals surface area contributed by atoms with Gasteiger partial charge in [-0.05, 0) is 53.0 Å². The molecular weight excluding hydrogens is 462 g/mol. The number of rotatable bonds is 10. The van der Waals surface area contributed by atoms with E-state index in [9.17, 15) is 9.59 Å². The number of alkyl carbamates (subject to hydrolysis) is 1. The molecule has 8 heteroatoms. The number of aryl methyl sites for hydroxylation is 1. The molecule has 0 aromatic carbocycles. The van der Waals surface area contributed by atoms with Gasteiger partial charge in [-0.15, -0.1) is 11.3 Å². The number of furan rings is 1. The van der Waals surface area contributed by atoms with Crippen molar-refractivity contribution >= 4 is 29.4 Å². The molecule has 1 atom stereocenters. The highest BCUT2D eigenvalue weighted by atomic mass is 32.1. The number of aromatic nitrogens is 1. The van der Waals surface area contributed by atoms with Gasteiger partial charge in [-0.2, -0.15) is 0 Å². The Labute approximate surface area is 213 Å². The van der Waals surface area contributed by atoms with Gasteiger partial charge >= 0.3 is 6.09 Å². The first-order chi connectivity index (χ1) is 16.2. The fraction of sp³-hybridized carbons (Fsp3) is 0.593. The van der Waals surface area contributed by atoms with Crippen LogP contribution in [0.2, 0.25) is 0 Å². The molecule has 2 aromatic heterocycles. The molecule has 0 unspecified atom stereocenters. The fourth-order valence-corrected chi connectivity index (χ4v) is 4.42. The SMILES string of the molecule is CC(=Cc1ccoc1C)C[C@@H](NC(=O)OC(C)(C)C)C(=O)N(Cc1csc(C(C)C)n1)CC(C)C. The normalized spacial score (nSPS) is 13.3. The molecule has 35 heavy (non-hydrogen) atoms. The molecule has 2 amide bonds. The molecule has 2 aromatic rings. The van der Waals surface area contributed by atoms with Gasteiger partial charge in [0.25, 0.3) is 0 Å². The maximum atomic E-state index is 13.8. The van der Waals surface area contributed by atoms with E-state index >= 15 is 0 Å². The first-order valence-electron chi connectivity index (χ1n) is 12.2. The van der Waals surface area contributed by atoms with Crippen molar-refractivity contribution in [2.45, 2.75) is 92.8 Å². The second kappa shape index (κ2) is 12.4. The van der Waals surface area contributed by atoms with Crippen LogP contribution in [0.4, 0.5) is 4.79 Å². The molecule has 2 rings (SSSR count). The van der Waals surface area contributed by atoms with E-state index in [4.69, 9.17) is 14.1 Å². The molecule has 0 spiro atoms. The van der Waals surface area contributed by atoms with E-state index in [2.05, 4.69) is 33.0 Å². The summed E-state index contributed by atoms with van der Waals surface area (Å²) < 4.78 is 10.9. The van der Waals surface area contributed by atoms with Gasteiger partial charge in [0, 0.05) is 23.4 Å². The largest absolute Gasteiger partial charge is 0.469 e. The lowest BCUT2D eigenvalue weighted by atomic mass is 10.0. The number of amides is 2. The van der Waals surface area contributed by atoms with Crippen LogP contribution in [-0.2, 0) is 16.1 Å². The number of carbonyl (C=O) groups is 2. The topological polar surface area (TPSA) is 84.7 Å². The molecule has 0 radical (unpaired) electrons. The van der Waals surface area contributed by atoms with Crippen LogP contribution in [0.5, 0.6) is 0 Å². The predicted molar refractivity (Wildman–Crippen MR) is 141 cm³/mol. The molecule has 0 aliphatic carbocycles. The Balaban J connectivity index is 2.31. The zero-order valence-corrected chi connectivity index (χ0v) is 23.4. The minimum Gasteiger partial charge on any atom is -0.469 e. The highest BCUT2D eigenvalue weighted by Crippen LogP contribution is 2.22. The quantitative estimate of drug-likeness (QED) is 0.398. The summed E-state index contributed by atoms with van der Waals surface area (Å²) in [6.07, 6.45) is 3.37. The van der Waals surface area contributed by atoms with E-state index in [1.54, 1.807) is 43.3 Å². The summed E-state index contributed by atoms with van der Waals surface area (Å²) in [7, 11) is 0. The van der Waals surface area contributed by atoms with E-state index in [0.717, 1.165) is 27.6 Å². The summed E-state index contributed by atoms with van der Waals surface area (Å²) >= 11 is 1.61. The minimum atomic E-state index is -0.768. The van der Waals surface area contributed by atoms with Crippen molar-refractivity contribution in [1.29, 1.82) is 0 Å². The smallest absolute Gasteiger partial charge is 0.408 e. The van der Waals surface area contributed by atoms with E-state index in [1.807, 2.05) is 31.4 Å². The van der Waals surface area contributed by atoms with Gasteiger partial charge in [-0.3, -0.25) is 4.79 Å². The minimum absolute atomic E-state index is 0.152. The Hall–Kier alpha value is -2.61. The summed E-state index contributed by atoms with van der Waals surface area (Å²) in [5.41, 5.74) is 2.10. The number of nitrogens with zero attached hydrogens (tertiary/aromatic N) is 2. The van der Waals surface area contributed by atoms with Crippen LogP contribution < -0.4 is 5.32 Å². The number of hydrogen-bond donors (Lipinski definition) is 1. The molecule has 7 nitrogen and oxygen atoms in total. The third-order valence-corrected chi connectivity index (χ3v) is 6.32. The maximum absolute atomic E-state index is 13.8. The molecule has 2 heterocycles. The molecule has 0 fully saturated rings. The lowest BCUT2D eigenvalue weighted by Gasteiger charge is -2.30. The van der Waals surface area contributed by atoms with Crippen molar-refractivity contribution in [3.8, 4) is 0 Å². The standard InChI is InChI=1S/C27H41N3O4S/c1-17(2)14-30(15-22-16-35-24(28-22)18(3)4)25(31)23(29-26(32)34-27(7,8)9)13-19(5)12-21-10-11-33-20(21)6/h10-12,16-18,23H,13-15H2,1-9H3,(H,29,32)/t23-/m1/s1. The van der Waals surface area contributed by atoms with Crippen molar-refractivity contribution in [1.82, 2.24) is 15.2 Å². The van der Waals surface area contributed by atoms with Gasteiger partial charge in [0.15, 0.2) is 0 Å². The zero-order valence-electron chi connectivity index (χ0n) is 22.6. The van der Waals surface area contributed by atoms with E-state index in [0.29, 0.717) is 25.4 Å². The highest BCUT2D eigenvalue weighted by molar-refractivity contribution is 7.09. The molecular formula is C27H41N3O4S. The second-order valence-corrected chi connectivity index (χ2v) is 11.7. The highest BCUT2D eigenvalue weighted by Gasteiger charge is 2.29.